The van der Waals surface area contributed by atoms with Gasteiger partial charge in [-0.1, -0.05) is 17.7 Å². The maximum atomic E-state index is 5.48. The van der Waals surface area contributed by atoms with Crippen LogP contribution in [0.2, 0.25) is 0 Å². The Bertz CT molecular complexity index is 411. The van der Waals surface area contributed by atoms with Gasteiger partial charge in [0.2, 0.25) is 0 Å². The lowest BCUT2D eigenvalue weighted by Crippen LogP contribution is -2.44. The van der Waals surface area contributed by atoms with E-state index < -0.39 is 0 Å². The second-order valence-electron chi connectivity index (χ2n) is 5.47. The minimum atomic E-state index is 0.0776. The van der Waals surface area contributed by atoms with Gasteiger partial charge in [0, 0.05) is 23.8 Å². The first kappa shape index (κ1) is 13.4. The number of ether oxygens (including phenoxy) is 2. The van der Waals surface area contributed by atoms with Gasteiger partial charge in [-0.05, 0) is 33.3 Å². The van der Waals surface area contributed by atoms with Crippen molar-refractivity contribution in [3.63, 3.8) is 0 Å². The highest BCUT2D eigenvalue weighted by atomic mass is 16.5. The molecule has 0 amide bonds. The molecular formula is C15H23NO2. The molecule has 0 saturated carbocycles. The summed E-state index contributed by atoms with van der Waals surface area (Å²) in [4.78, 5) is 0. The highest BCUT2D eigenvalue weighted by Gasteiger charge is 2.31. The Morgan fingerprint density at radius 3 is 2.83 bits per heavy atom. The van der Waals surface area contributed by atoms with Gasteiger partial charge in [0.05, 0.1) is 13.7 Å². The SMILES string of the molecule is COc1ccc(C)cc1[C@@H](C)N[C@@]1(C)CCOC1. The van der Waals surface area contributed by atoms with Gasteiger partial charge in [0.25, 0.3) is 0 Å². The Balaban J connectivity index is 2.17. The number of hydrogen-bond acceptors (Lipinski definition) is 3. The summed E-state index contributed by atoms with van der Waals surface area (Å²) in [7, 11) is 1.72. The van der Waals surface area contributed by atoms with Gasteiger partial charge in [0.15, 0.2) is 0 Å². The third-order valence-electron chi connectivity index (χ3n) is 3.64. The minimum Gasteiger partial charge on any atom is -0.496 e. The molecule has 2 rings (SSSR count). The number of aryl methyl sites for hydroxylation is 1. The third-order valence-corrected chi connectivity index (χ3v) is 3.64. The molecule has 0 bridgehead atoms. The molecule has 0 aromatic heterocycles. The van der Waals surface area contributed by atoms with E-state index in [4.69, 9.17) is 9.47 Å². The molecule has 0 unspecified atom stereocenters. The van der Waals surface area contributed by atoms with E-state index in [1.807, 2.05) is 6.07 Å². The fourth-order valence-electron chi connectivity index (χ4n) is 2.57. The van der Waals surface area contributed by atoms with Crippen LogP contribution in [0, 0.1) is 6.92 Å². The smallest absolute Gasteiger partial charge is 0.123 e. The Morgan fingerprint density at radius 1 is 1.44 bits per heavy atom. The first-order chi connectivity index (χ1) is 8.54. The van der Waals surface area contributed by atoms with E-state index in [-0.39, 0.29) is 11.6 Å². The molecule has 0 aliphatic carbocycles. The lowest BCUT2D eigenvalue weighted by molar-refractivity contribution is 0.167. The summed E-state index contributed by atoms with van der Waals surface area (Å²) in [6, 6.07) is 6.56. The summed E-state index contributed by atoms with van der Waals surface area (Å²) in [5.41, 5.74) is 2.55. The summed E-state index contributed by atoms with van der Waals surface area (Å²) in [5.74, 6) is 0.947. The van der Waals surface area contributed by atoms with Gasteiger partial charge in [-0.25, -0.2) is 0 Å². The monoisotopic (exact) mass is 249 g/mol. The highest BCUT2D eigenvalue weighted by Crippen LogP contribution is 2.29. The topological polar surface area (TPSA) is 30.5 Å². The molecule has 100 valence electrons. The quantitative estimate of drug-likeness (QED) is 0.890. The Labute approximate surface area is 109 Å². The first-order valence-electron chi connectivity index (χ1n) is 6.54. The Morgan fingerprint density at radius 2 is 2.22 bits per heavy atom. The van der Waals surface area contributed by atoms with Crippen LogP contribution in [-0.4, -0.2) is 25.9 Å². The van der Waals surface area contributed by atoms with Crippen LogP contribution in [0.3, 0.4) is 0 Å². The molecule has 18 heavy (non-hydrogen) atoms. The molecule has 1 aliphatic rings. The van der Waals surface area contributed by atoms with Gasteiger partial charge in [0.1, 0.15) is 5.75 Å². The normalized spacial score (nSPS) is 25.1. The van der Waals surface area contributed by atoms with Crippen molar-refractivity contribution < 1.29 is 9.47 Å². The molecule has 1 aliphatic heterocycles. The Kier molecular flexibility index (Phi) is 3.93. The number of hydrogen-bond donors (Lipinski definition) is 1. The molecule has 1 aromatic rings. The third kappa shape index (κ3) is 2.85. The van der Waals surface area contributed by atoms with E-state index in [1.165, 1.54) is 11.1 Å². The molecule has 0 radical (unpaired) electrons. The van der Waals surface area contributed by atoms with Crippen molar-refractivity contribution in [2.45, 2.75) is 38.8 Å². The van der Waals surface area contributed by atoms with Crippen LogP contribution in [0.15, 0.2) is 18.2 Å². The average Bonchev–Trinajstić information content (AvgIpc) is 2.75. The zero-order valence-corrected chi connectivity index (χ0v) is 11.7. The van der Waals surface area contributed by atoms with E-state index in [9.17, 15) is 0 Å². The lowest BCUT2D eigenvalue weighted by atomic mass is 9.97. The van der Waals surface area contributed by atoms with Crippen LogP contribution in [0.25, 0.3) is 0 Å². The average molecular weight is 249 g/mol. The predicted octanol–water partition coefficient (Wildman–Crippen LogP) is 2.83. The van der Waals surface area contributed by atoms with Gasteiger partial charge >= 0.3 is 0 Å². The molecular weight excluding hydrogens is 226 g/mol. The molecule has 3 heteroatoms. The number of methoxy groups -OCH3 is 1. The number of nitrogens with one attached hydrogen (secondary N) is 1. The predicted molar refractivity (Wildman–Crippen MR) is 73.1 cm³/mol. The van der Waals surface area contributed by atoms with Gasteiger partial charge in [-0.3, -0.25) is 0 Å². The maximum Gasteiger partial charge on any atom is 0.123 e. The number of benzene rings is 1. The summed E-state index contributed by atoms with van der Waals surface area (Å²) >= 11 is 0. The lowest BCUT2D eigenvalue weighted by Gasteiger charge is -2.29. The molecule has 1 heterocycles. The van der Waals surface area contributed by atoms with Gasteiger partial charge in [-0.15, -0.1) is 0 Å². The molecule has 3 nitrogen and oxygen atoms in total. The fraction of sp³-hybridized carbons (Fsp3) is 0.600. The summed E-state index contributed by atoms with van der Waals surface area (Å²) < 4.78 is 10.9. The van der Waals surface area contributed by atoms with Crippen LogP contribution in [0.5, 0.6) is 5.75 Å². The van der Waals surface area contributed by atoms with Crippen LogP contribution in [0.4, 0.5) is 0 Å². The second-order valence-corrected chi connectivity index (χ2v) is 5.47. The van der Waals surface area contributed by atoms with E-state index in [2.05, 4.69) is 38.2 Å². The van der Waals surface area contributed by atoms with Crippen LogP contribution in [0.1, 0.15) is 37.4 Å². The van der Waals surface area contributed by atoms with Crippen molar-refractivity contribution in [2.24, 2.45) is 0 Å². The summed E-state index contributed by atoms with van der Waals surface area (Å²) in [5, 5.41) is 3.67. The number of rotatable bonds is 4. The molecule has 1 fully saturated rings. The molecule has 2 atom stereocenters. The minimum absolute atomic E-state index is 0.0776. The molecule has 1 aromatic carbocycles. The largest absolute Gasteiger partial charge is 0.496 e. The van der Waals surface area contributed by atoms with Crippen molar-refractivity contribution in [1.29, 1.82) is 0 Å². The fourth-order valence-corrected chi connectivity index (χ4v) is 2.57. The van der Waals surface area contributed by atoms with Gasteiger partial charge < -0.3 is 14.8 Å². The van der Waals surface area contributed by atoms with E-state index in [0.717, 1.165) is 25.4 Å². The second kappa shape index (κ2) is 5.29. The Hall–Kier alpha value is -1.06. The molecule has 1 saturated heterocycles. The van der Waals surface area contributed by atoms with Crippen molar-refractivity contribution in [2.75, 3.05) is 20.3 Å². The van der Waals surface area contributed by atoms with Crippen molar-refractivity contribution in [1.82, 2.24) is 5.32 Å². The van der Waals surface area contributed by atoms with Crippen LogP contribution < -0.4 is 10.1 Å². The molecule has 1 N–H and O–H groups in total. The summed E-state index contributed by atoms with van der Waals surface area (Å²) in [6.45, 7) is 8.14. The van der Waals surface area contributed by atoms with Crippen LogP contribution in [-0.2, 0) is 4.74 Å². The maximum absolute atomic E-state index is 5.48. The zero-order chi connectivity index (χ0) is 13.2. The van der Waals surface area contributed by atoms with Crippen molar-refractivity contribution in [3.05, 3.63) is 29.3 Å². The van der Waals surface area contributed by atoms with E-state index in [1.54, 1.807) is 7.11 Å². The van der Waals surface area contributed by atoms with Crippen molar-refractivity contribution in [3.8, 4) is 5.75 Å². The molecule has 0 spiro atoms. The standard InChI is InChI=1S/C15H23NO2/c1-11-5-6-14(17-4)13(9-11)12(2)16-15(3)7-8-18-10-15/h5-6,9,12,16H,7-8,10H2,1-4H3/t12-,15+/m1/s1. The van der Waals surface area contributed by atoms with E-state index >= 15 is 0 Å². The zero-order valence-electron chi connectivity index (χ0n) is 11.7. The van der Waals surface area contributed by atoms with Crippen molar-refractivity contribution >= 4 is 0 Å². The highest BCUT2D eigenvalue weighted by molar-refractivity contribution is 5.39. The summed E-state index contributed by atoms with van der Waals surface area (Å²) in [6.07, 6.45) is 1.06. The van der Waals surface area contributed by atoms with Gasteiger partial charge in [-0.2, -0.15) is 0 Å². The first-order valence-corrected chi connectivity index (χ1v) is 6.54. The van der Waals surface area contributed by atoms with Crippen LogP contribution >= 0.6 is 0 Å². The van der Waals surface area contributed by atoms with E-state index in [0.29, 0.717) is 0 Å².